The van der Waals surface area contributed by atoms with Crippen molar-refractivity contribution < 1.29 is 9.18 Å². The molecule has 9 heteroatoms. The van der Waals surface area contributed by atoms with E-state index in [4.69, 9.17) is 0 Å². The van der Waals surface area contributed by atoms with E-state index in [2.05, 4.69) is 20.3 Å². The van der Waals surface area contributed by atoms with Gasteiger partial charge in [-0.05, 0) is 43.2 Å². The first kappa shape index (κ1) is 19.4. The van der Waals surface area contributed by atoms with Gasteiger partial charge in [-0.2, -0.15) is 20.1 Å². The first-order chi connectivity index (χ1) is 14.7. The highest BCUT2D eigenvalue weighted by molar-refractivity contribution is 5.97. The molecule has 0 saturated heterocycles. The monoisotopic (exact) mass is 405 g/mol. The average Bonchev–Trinajstić information content (AvgIpc) is 3.47. The molecule has 0 N–H and O–H groups in total. The van der Waals surface area contributed by atoms with Gasteiger partial charge < -0.3 is 4.90 Å². The molecular formula is C21H20FN7O. The van der Waals surface area contributed by atoms with Crippen LogP contribution in [0, 0.1) is 5.82 Å². The summed E-state index contributed by atoms with van der Waals surface area (Å²) in [6.07, 6.45) is 8.49. The highest BCUT2D eigenvalue weighted by Crippen LogP contribution is 2.16. The molecule has 152 valence electrons. The number of hydrogen-bond donors (Lipinski definition) is 0. The Morgan fingerprint density at radius 2 is 1.87 bits per heavy atom. The number of aromatic nitrogens is 6. The molecule has 8 nitrogen and oxygen atoms in total. The van der Waals surface area contributed by atoms with Gasteiger partial charge in [-0.3, -0.25) is 4.79 Å². The van der Waals surface area contributed by atoms with Crippen molar-refractivity contribution in [1.29, 1.82) is 0 Å². The first-order valence-electron chi connectivity index (χ1n) is 9.56. The third-order valence-electron chi connectivity index (χ3n) is 4.69. The summed E-state index contributed by atoms with van der Waals surface area (Å²) < 4.78 is 14.6. The second-order valence-electron chi connectivity index (χ2n) is 6.60. The van der Waals surface area contributed by atoms with Gasteiger partial charge >= 0.3 is 0 Å². The fourth-order valence-corrected chi connectivity index (χ4v) is 3.12. The van der Waals surface area contributed by atoms with E-state index in [9.17, 15) is 9.18 Å². The number of halogens is 1. The molecule has 3 aromatic heterocycles. The molecule has 1 aromatic carbocycles. The summed E-state index contributed by atoms with van der Waals surface area (Å²) in [6, 6.07) is 10.2. The molecule has 0 atom stereocenters. The number of benzene rings is 1. The van der Waals surface area contributed by atoms with Crippen molar-refractivity contribution in [1.82, 2.24) is 34.7 Å². The zero-order valence-electron chi connectivity index (χ0n) is 16.4. The van der Waals surface area contributed by atoms with Crippen molar-refractivity contribution in [3.8, 4) is 11.5 Å². The number of carbonyl (C=O) groups is 1. The molecule has 0 aliphatic rings. The molecule has 0 unspecified atom stereocenters. The van der Waals surface area contributed by atoms with E-state index in [0.717, 1.165) is 11.8 Å². The summed E-state index contributed by atoms with van der Waals surface area (Å²) >= 11 is 0. The third kappa shape index (κ3) is 4.09. The Kier molecular flexibility index (Phi) is 5.60. The van der Waals surface area contributed by atoms with Crippen LogP contribution < -0.4 is 0 Å². The number of rotatable bonds is 7. The second-order valence-corrected chi connectivity index (χ2v) is 6.60. The lowest BCUT2D eigenvalue weighted by Gasteiger charge is -2.21. The van der Waals surface area contributed by atoms with E-state index in [1.54, 1.807) is 40.3 Å². The Bertz CT molecular complexity index is 1120. The van der Waals surface area contributed by atoms with Gasteiger partial charge in [-0.15, -0.1) is 0 Å². The number of likely N-dealkylation sites (N-methyl/N-ethyl adjacent to an activating group) is 1. The van der Waals surface area contributed by atoms with E-state index in [-0.39, 0.29) is 5.91 Å². The maximum absolute atomic E-state index is 13.2. The van der Waals surface area contributed by atoms with Crippen molar-refractivity contribution in [2.45, 2.75) is 13.3 Å². The second kappa shape index (κ2) is 8.64. The van der Waals surface area contributed by atoms with Crippen LogP contribution in [0.2, 0.25) is 0 Å². The van der Waals surface area contributed by atoms with Crippen LogP contribution in [0.3, 0.4) is 0 Å². The molecule has 0 bridgehead atoms. The molecule has 4 rings (SSSR count). The normalized spacial score (nSPS) is 10.9. The minimum absolute atomic E-state index is 0.0852. The molecule has 0 spiro atoms. The van der Waals surface area contributed by atoms with Gasteiger partial charge in [0.1, 0.15) is 5.82 Å². The van der Waals surface area contributed by atoms with Gasteiger partial charge in [0.05, 0.1) is 36.0 Å². The van der Waals surface area contributed by atoms with E-state index < -0.39 is 5.82 Å². The maximum atomic E-state index is 13.2. The van der Waals surface area contributed by atoms with Crippen LogP contribution in [0.1, 0.15) is 22.8 Å². The van der Waals surface area contributed by atoms with Gasteiger partial charge in [0.2, 0.25) is 0 Å². The molecule has 0 aliphatic carbocycles. The van der Waals surface area contributed by atoms with Gasteiger partial charge in [0.15, 0.2) is 5.82 Å². The maximum Gasteiger partial charge on any atom is 0.256 e. The van der Waals surface area contributed by atoms with Crippen LogP contribution in [0.25, 0.3) is 11.5 Å². The largest absolute Gasteiger partial charge is 0.339 e. The predicted octanol–water partition coefficient (Wildman–Crippen LogP) is 2.69. The van der Waals surface area contributed by atoms with Crippen LogP contribution in [-0.2, 0) is 6.42 Å². The Balaban J connectivity index is 1.47. The lowest BCUT2D eigenvalue weighted by molar-refractivity contribution is 0.0766. The van der Waals surface area contributed by atoms with Crippen molar-refractivity contribution in [3.05, 3.63) is 84.3 Å². The van der Waals surface area contributed by atoms with Crippen LogP contribution in [-0.4, -0.2) is 53.7 Å². The topological polar surface area (TPSA) is 81.7 Å². The van der Waals surface area contributed by atoms with Crippen molar-refractivity contribution in [2.24, 2.45) is 0 Å². The van der Waals surface area contributed by atoms with Gasteiger partial charge in [-0.1, -0.05) is 12.1 Å². The van der Waals surface area contributed by atoms with E-state index in [1.165, 1.54) is 10.9 Å². The quantitative estimate of drug-likeness (QED) is 0.472. The third-order valence-corrected chi connectivity index (χ3v) is 4.69. The highest BCUT2D eigenvalue weighted by Gasteiger charge is 2.19. The molecule has 4 aromatic rings. The number of nitrogens with zero attached hydrogens (tertiary/aromatic N) is 7. The van der Waals surface area contributed by atoms with Crippen LogP contribution in [0.4, 0.5) is 4.39 Å². The summed E-state index contributed by atoms with van der Waals surface area (Å²) in [5.41, 5.74) is 2.14. The Morgan fingerprint density at radius 1 is 1.07 bits per heavy atom. The molecule has 30 heavy (non-hydrogen) atoms. The van der Waals surface area contributed by atoms with Crippen molar-refractivity contribution in [3.63, 3.8) is 0 Å². The lowest BCUT2D eigenvalue weighted by Crippen LogP contribution is -2.33. The van der Waals surface area contributed by atoms with Gasteiger partial charge in [-0.25, -0.2) is 14.1 Å². The van der Waals surface area contributed by atoms with E-state index in [1.807, 2.05) is 31.3 Å². The molecule has 0 saturated carbocycles. The van der Waals surface area contributed by atoms with Crippen LogP contribution in [0.5, 0.6) is 0 Å². The van der Waals surface area contributed by atoms with E-state index >= 15 is 0 Å². The summed E-state index contributed by atoms with van der Waals surface area (Å²) in [6.45, 7) is 3.03. The fraction of sp³-hybridized carbons (Fsp3) is 0.190. The van der Waals surface area contributed by atoms with Gasteiger partial charge in [0, 0.05) is 19.3 Å². The fourth-order valence-electron chi connectivity index (χ4n) is 3.12. The standard InChI is InChI=1S/C21H20FN7O/c1-2-27(21(30)18-5-3-4-6-19(18)29-24-10-11-25-29)12-9-16-13-26-28(15-16)20-8-7-17(22)14-23-20/h3-8,10-11,13-15H,2,9,12H2,1H3. The summed E-state index contributed by atoms with van der Waals surface area (Å²) in [5.74, 6) is 0.0542. The number of para-hydroxylation sites is 1. The number of carbonyl (C=O) groups excluding carboxylic acids is 1. The molecule has 0 fully saturated rings. The molecule has 3 heterocycles. The number of pyridine rings is 1. The Labute approximate surface area is 172 Å². The summed E-state index contributed by atoms with van der Waals surface area (Å²) in [5, 5.41) is 12.6. The van der Waals surface area contributed by atoms with E-state index in [0.29, 0.717) is 36.6 Å². The first-order valence-corrected chi connectivity index (χ1v) is 9.56. The molecule has 1 amide bonds. The zero-order chi connectivity index (χ0) is 20.9. The molecule has 0 radical (unpaired) electrons. The van der Waals surface area contributed by atoms with Crippen molar-refractivity contribution >= 4 is 5.91 Å². The summed E-state index contributed by atoms with van der Waals surface area (Å²) in [4.78, 5) is 20.4. The van der Waals surface area contributed by atoms with Crippen LogP contribution in [0.15, 0.2) is 67.4 Å². The molecule has 0 aliphatic heterocycles. The minimum Gasteiger partial charge on any atom is -0.339 e. The zero-order valence-corrected chi connectivity index (χ0v) is 16.4. The number of hydrogen-bond acceptors (Lipinski definition) is 5. The summed E-state index contributed by atoms with van der Waals surface area (Å²) in [7, 11) is 0. The van der Waals surface area contributed by atoms with Crippen molar-refractivity contribution in [2.75, 3.05) is 13.1 Å². The molecular weight excluding hydrogens is 385 g/mol. The average molecular weight is 405 g/mol. The highest BCUT2D eigenvalue weighted by atomic mass is 19.1. The lowest BCUT2D eigenvalue weighted by atomic mass is 10.1. The van der Waals surface area contributed by atoms with Gasteiger partial charge in [0.25, 0.3) is 5.91 Å². The SMILES string of the molecule is CCN(CCc1cnn(-c2ccc(F)cn2)c1)C(=O)c1ccccc1-n1nccn1. The predicted molar refractivity (Wildman–Crippen MR) is 108 cm³/mol. The Morgan fingerprint density at radius 3 is 2.60 bits per heavy atom. The Hall–Kier alpha value is -3.88. The van der Waals surface area contributed by atoms with Crippen LogP contribution >= 0.6 is 0 Å². The minimum atomic E-state index is -0.395. The number of amides is 1. The smallest absolute Gasteiger partial charge is 0.256 e.